The Hall–Kier alpha value is -3.48. The van der Waals surface area contributed by atoms with Crippen LogP contribution in [-0.4, -0.2) is 18.0 Å². The van der Waals surface area contributed by atoms with Crippen LogP contribution in [0.1, 0.15) is 11.3 Å². The predicted octanol–water partition coefficient (Wildman–Crippen LogP) is 3.07. The zero-order chi connectivity index (χ0) is 17.8. The molecule has 26 heavy (non-hydrogen) atoms. The summed E-state index contributed by atoms with van der Waals surface area (Å²) in [6.45, 7) is 0.898. The maximum atomic E-state index is 12.0. The normalized spacial score (nSPS) is 12.0. The number of carbonyl (C=O) groups is 1. The lowest BCUT2D eigenvalue weighted by Crippen LogP contribution is -2.34. The summed E-state index contributed by atoms with van der Waals surface area (Å²) in [6.07, 6.45) is 0. The number of ether oxygens (including phenoxy) is 2. The van der Waals surface area contributed by atoms with E-state index in [2.05, 4.69) is 15.8 Å². The molecule has 0 saturated heterocycles. The fourth-order valence-corrected chi connectivity index (χ4v) is 2.60. The van der Waals surface area contributed by atoms with E-state index in [0.717, 1.165) is 16.9 Å². The Bertz CT molecular complexity index is 908. The highest BCUT2D eigenvalue weighted by atomic mass is 16.7. The quantitative estimate of drug-likeness (QED) is 0.738. The third-order valence-corrected chi connectivity index (χ3v) is 3.94. The summed E-state index contributed by atoms with van der Waals surface area (Å²) in [7, 11) is 0. The van der Waals surface area contributed by atoms with Crippen molar-refractivity contribution in [1.29, 1.82) is 0 Å². The number of rotatable bonds is 5. The minimum atomic E-state index is -0.285. The summed E-state index contributed by atoms with van der Waals surface area (Å²) in [4.78, 5) is 12.0. The molecule has 0 atom stereocenters. The molecule has 0 saturated carbocycles. The molecule has 2 aromatic carbocycles. The number of hydrogen-bond donors (Lipinski definition) is 2. The molecule has 0 radical (unpaired) electrons. The Morgan fingerprint density at radius 3 is 2.65 bits per heavy atom. The van der Waals surface area contributed by atoms with Gasteiger partial charge in [-0.15, -0.1) is 0 Å². The van der Waals surface area contributed by atoms with Gasteiger partial charge in [0.15, 0.2) is 17.3 Å². The summed E-state index contributed by atoms with van der Waals surface area (Å²) in [5.74, 6) is 2.09. The third kappa shape index (κ3) is 3.61. The molecule has 2 heterocycles. The number of urea groups is 1. The lowest BCUT2D eigenvalue weighted by Gasteiger charge is -2.07. The average Bonchev–Trinajstić information content (AvgIpc) is 3.34. The monoisotopic (exact) mass is 351 g/mol. The van der Waals surface area contributed by atoms with Crippen molar-refractivity contribution in [2.75, 3.05) is 6.79 Å². The van der Waals surface area contributed by atoms with Crippen LogP contribution in [-0.2, 0) is 13.1 Å². The fourth-order valence-electron chi connectivity index (χ4n) is 2.60. The number of fused-ring (bicyclic) bond motifs is 1. The fraction of sp³-hybridized carbons (Fsp3) is 0.158. The van der Waals surface area contributed by atoms with E-state index in [0.29, 0.717) is 23.7 Å². The highest BCUT2D eigenvalue weighted by molar-refractivity contribution is 5.73. The summed E-state index contributed by atoms with van der Waals surface area (Å²) in [5, 5.41) is 9.53. The van der Waals surface area contributed by atoms with Crippen LogP contribution < -0.4 is 20.1 Å². The molecule has 7 heteroatoms. The van der Waals surface area contributed by atoms with Crippen LogP contribution in [0.25, 0.3) is 11.3 Å². The lowest BCUT2D eigenvalue weighted by atomic mass is 10.2. The van der Waals surface area contributed by atoms with Gasteiger partial charge in [-0.2, -0.15) is 0 Å². The molecule has 132 valence electrons. The zero-order valence-corrected chi connectivity index (χ0v) is 13.9. The molecule has 0 unspecified atom stereocenters. The van der Waals surface area contributed by atoms with E-state index in [9.17, 15) is 4.79 Å². The van der Waals surface area contributed by atoms with Gasteiger partial charge < -0.3 is 24.6 Å². The Morgan fingerprint density at radius 1 is 0.962 bits per heavy atom. The minimum Gasteiger partial charge on any atom is -0.454 e. The Balaban J connectivity index is 1.27. The summed E-state index contributed by atoms with van der Waals surface area (Å²) in [6, 6.07) is 16.8. The van der Waals surface area contributed by atoms with Crippen LogP contribution in [0.3, 0.4) is 0 Å². The number of carbonyl (C=O) groups excluding carboxylic acids is 1. The Labute approximate surface area is 149 Å². The van der Waals surface area contributed by atoms with E-state index in [1.807, 2.05) is 54.6 Å². The van der Waals surface area contributed by atoms with Crippen LogP contribution in [0.5, 0.6) is 11.5 Å². The van der Waals surface area contributed by atoms with Crippen molar-refractivity contribution in [3.05, 3.63) is 65.9 Å². The van der Waals surface area contributed by atoms with Gasteiger partial charge in [-0.3, -0.25) is 0 Å². The van der Waals surface area contributed by atoms with Crippen molar-refractivity contribution in [3.8, 4) is 22.8 Å². The van der Waals surface area contributed by atoms with Crippen LogP contribution >= 0.6 is 0 Å². The van der Waals surface area contributed by atoms with Crippen molar-refractivity contribution in [1.82, 2.24) is 15.8 Å². The molecule has 3 aromatic rings. The van der Waals surface area contributed by atoms with Gasteiger partial charge in [0.1, 0.15) is 5.69 Å². The van der Waals surface area contributed by atoms with Crippen LogP contribution in [0.4, 0.5) is 4.79 Å². The van der Waals surface area contributed by atoms with E-state index in [1.165, 1.54) is 0 Å². The van der Waals surface area contributed by atoms with Crippen LogP contribution in [0.15, 0.2) is 59.1 Å². The Kier molecular flexibility index (Phi) is 4.42. The maximum Gasteiger partial charge on any atom is 0.315 e. The molecular formula is C19H17N3O4. The second kappa shape index (κ2) is 7.18. The zero-order valence-electron chi connectivity index (χ0n) is 13.9. The highest BCUT2D eigenvalue weighted by Gasteiger charge is 2.13. The first-order chi connectivity index (χ1) is 12.8. The second-order valence-corrected chi connectivity index (χ2v) is 5.77. The lowest BCUT2D eigenvalue weighted by molar-refractivity contribution is 0.174. The topological polar surface area (TPSA) is 85.6 Å². The van der Waals surface area contributed by atoms with Gasteiger partial charge in [0.2, 0.25) is 6.79 Å². The highest BCUT2D eigenvalue weighted by Crippen LogP contribution is 2.32. The molecule has 1 aliphatic heterocycles. The van der Waals surface area contributed by atoms with E-state index in [1.54, 1.807) is 0 Å². The number of hydrogen-bond acceptors (Lipinski definition) is 5. The molecule has 2 N–H and O–H groups in total. The largest absolute Gasteiger partial charge is 0.454 e. The third-order valence-electron chi connectivity index (χ3n) is 3.94. The van der Waals surface area contributed by atoms with Crippen molar-refractivity contribution >= 4 is 6.03 Å². The molecule has 2 amide bonds. The number of amides is 2. The second-order valence-electron chi connectivity index (χ2n) is 5.77. The summed E-state index contributed by atoms with van der Waals surface area (Å²) in [5.41, 5.74) is 2.53. The smallest absolute Gasteiger partial charge is 0.315 e. The molecule has 4 rings (SSSR count). The standard InChI is InChI=1S/C19H17N3O4/c23-19(20-10-13-6-7-16-18(8-13)25-12-24-16)21-11-15-9-17(26-22-15)14-4-2-1-3-5-14/h1-9H,10-12H2,(H2,20,21,23). The summed E-state index contributed by atoms with van der Waals surface area (Å²) < 4.78 is 15.9. The first-order valence-electron chi connectivity index (χ1n) is 8.19. The number of nitrogens with zero attached hydrogens (tertiary/aromatic N) is 1. The maximum absolute atomic E-state index is 12.0. The van der Waals surface area contributed by atoms with Gasteiger partial charge in [-0.1, -0.05) is 41.6 Å². The van der Waals surface area contributed by atoms with Gasteiger partial charge in [-0.25, -0.2) is 4.79 Å². The molecule has 0 aliphatic carbocycles. The molecular weight excluding hydrogens is 334 g/mol. The van der Waals surface area contributed by atoms with Crippen molar-refractivity contribution < 1.29 is 18.8 Å². The van der Waals surface area contributed by atoms with Gasteiger partial charge in [0, 0.05) is 18.2 Å². The van der Waals surface area contributed by atoms with E-state index in [-0.39, 0.29) is 19.4 Å². The average molecular weight is 351 g/mol. The number of aromatic nitrogens is 1. The van der Waals surface area contributed by atoms with Crippen LogP contribution in [0.2, 0.25) is 0 Å². The van der Waals surface area contributed by atoms with Crippen LogP contribution in [0, 0.1) is 0 Å². The van der Waals surface area contributed by atoms with Gasteiger partial charge in [0.25, 0.3) is 0 Å². The van der Waals surface area contributed by atoms with Gasteiger partial charge in [-0.05, 0) is 17.7 Å². The molecule has 1 aromatic heterocycles. The number of benzene rings is 2. The van der Waals surface area contributed by atoms with E-state index < -0.39 is 0 Å². The van der Waals surface area contributed by atoms with E-state index >= 15 is 0 Å². The van der Waals surface area contributed by atoms with Crippen molar-refractivity contribution in [2.24, 2.45) is 0 Å². The molecule has 0 spiro atoms. The first-order valence-corrected chi connectivity index (χ1v) is 8.19. The van der Waals surface area contributed by atoms with E-state index in [4.69, 9.17) is 14.0 Å². The Morgan fingerprint density at radius 2 is 1.77 bits per heavy atom. The van der Waals surface area contributed by atoms with Gasteiger partial charge in [0.05, 0.1) is 6.54 Å². The first kappa shape index (κ1) is 16.0. The minimum absolute atomic E-state index is 0.232. The van der Waals surface area contributed by atoms with Gasteiger partial charge >= 0.3 is 6.03 Å². The van der Waals surface area contributed by atoms with Crippen molar-refractivity contribution in [2.45, 2.75) is 13.1 Å². The molecule has 1 aliphatic rings. The molecule has 0 fully saturated rings. The van der Waals surface area contributed by atoms with Crippen molar-refractivity contribution in [3.63, 3.8) is 0 Å². The SMILES string of the molecule is O=C(NCc1ccc2c(c1)OCO2)NCc1cc(-c2ccccc2)on1. The number of nitrogens with one attached hydrogen (secondary N) is 2. The molecule has 7 nitrogen and oxygen atoms in total. The molecule has 0 bridgehead atoms. The predicted molar refractivity (Wildman–Crippen MR) is 93.6 cm³/mol. The summed E-state index contributed by atoms with van der Waals surface area (Å²) >= 11 is 0.